The van der Waals surface area contributed by atoms with E-state index < -0.39 is 0 Å². The van der Waals surface area contributed by atoms with E-state index in [-0.39, 0.29) is 11.9 Å². The van der Waals surface area contributed by atoms with E-state index >= 15 is 0 Å². The Morgan fingerprint density at radius 3 is 2.31 bits per heavy atom. The fourth-order valence-corrected chi connectivity index (χ4v) is 6.99. The molecule has 190 valence electrons. The van der Waals surface area contributed by atoms with Gasteiger partial charge in [-0.25, -0.2) is 0 Å². The minimum Gasteiger partial charge on any atom is -0.488 e. The number of aliphatic imine (C=N–C) groups is 1. The van der Waals surface area contributed by atoms with Gasteiger partial charge in [0.2, 0.25) is 0 Å². The van der Waals surface area contributed by atoms with Crippen molar-refractivity contribution in [3.63, 3.8) is 0 Å². The molecule has 0 N–H and O–H groups in total. The summed E-state index contributed by atoms with van der Waals surface area (Å²) in [4.78, 5) is 21.7. The van der Waals surface area contributed by atoms with Gasteiger partial charge in [0.15, 0.2) is 5.17 Å². The molecular weight excluding hydrogens is 600 g/mol. The van der Waals surface area contributed by atoms with E-state index in [1.54, 1.807) is 11.8 Å². The van der Waals surface area contributed by atoms with Crippen molar-refractivity contribution in [2.24, 2.45) is 4.99 Å². The molecule has 2 aromatic carbocycles. The van der Waals surface area contributed by atoms with Gasteiger partial charge in [0.25, 0.3) is 5.91 Å². The SMILES string of the molecule is O=C1C(=Cc2cc(Br)ccc2OCc2ccc(Br)cc2)SC(=NC2CCCCC2)N1C1CCCCC1. The van der Waals surface area contributed by atoms with Crippen molar-refractivity contribution >= 4 is 60.8 Å². The van der Waals surface area contributed by atoms with Crippen LogP contribution in [-0.2, 0) is 11.4 Å². The van der Waals surface area contributed by atoms with Crippen molar-refractivity contribution < 1.29 is 9.53 Å². The molecule has 1 heterocycles. The third kappa shape index (κ3) is 6.46. The smallest absolute Gasteiger partial charge is 0.267 e. The Kier molecular flexibility index (Phi) is 8.91. The van der Waals surface area contributed by atoms with E-state index in [4.69, 9.17) is 9.73 Å². The van der Waals surface area contributed by atoms with Crippen LogP contribution in [0.1, 0.15) is 75.3 Å². The molecule has 1 aliphatic heterocycles. The molecule has 36 heavy (non-hydrogen) atoms. The summed E-state index contributed by atoms with van der Waals surface area (Å²) < 4.78 is 8.22. The molecule has 0 spiro atoms. The van der Waals surface area contributed by atoms with Gasteiger partial charge in [-0.3, -0.25) is 14.7 Å². The van der Waals surface area contributed by atoms with Crippen molar-refractivity contribution in [3.8, 4) is 5.75 Å². The lowest BCUT2D eigenvalue weighted by molar-refractivity contribution is -0.124. The molecule has 3 fully saturated rings. The highest BCUT2D eigenvalue weighted by molar-refractivity contribution is 9.10. The van der Waals surface area contributed by atoms with Crippen LogP contribution in [0.25, 0.3) is 6.08 Å². The van der Waals surface area contributed by atoms with Crippen LogP contribution < -0.4 is 4.74 Å². The Bertz CT molecular complexity index is 1140. The number of halogens is 2. The zero-order valence-electron chi connectivity index (χ0n) is 20.4. The van der Waals surface area contributed by atoms with Crippen LogP contribution in [0.4, 0.5) is 0 Å². The summed E-state index contributed by atoms with van der Waals surface area (Å²) in [5, 5.41) is 0.914. The van der Waals surface area contributed by atoms with Crippen molar-refractivity contribution in [2.75, 3.05) is 0 Å². The molecule has 0 bridgehead atoms. The summed E-state index contributed by atoms with van der Waals surface area (Å²) in [7, 11) is 0. The average molecular weight is 632 g/mol. The molecule has 1 saturated heterocycles. The van der Waals surface area contributed by atoms with Crippen LogP contribution in [0, 0.1) is 0 Å². The van der Waals surface area contributed by atoms with Crippen LogP contribution in [0.2, 0.25) is 0 Å². The van der Waals surface area contributed by atoms with E-state index in [0.717, 1.165) is 61.6 Å². The van der Waals surface area contributed by atoms with Gasteiger partial charge >= 0.3 is 0 Å². The predicted octanol–water partition coefficient (Wildman–Crippen LogP) is 8.73. The van der Waals surface area contributed by atoms with Gasteiger partial charge in [0.1, 0.15) is 12.4 Å². The quantitative estimate of drug-likeness (QED) is 0.299. The molecule has 2 aromatic rings. The third-order valence-electron chi connectivity index (χ3n) is 7.21. The highest BCUT2D eigenvalue weighted by Crippen LogP contribution is 2.39. The molecule has 2 aliphatic carbocycles. The molecule has 4 nitrogen and oxygen atoms in total. The summed E-state index contributed by atoms with van der Waals surface area (Å²) in [5.41, 5.74) is 2.00. The molecule has 1 amide bonds. The number of amides is 1. The lowest BCUT2D eigenvalue weighted by Crippen LogP contribution is -2.41. The monoisotopic (exact) mass is 630 g/mol. The number of rotatable bonds is 6. The number of thioether (sulfide) groups is 1. The highest BCUT2D eigenvalue weighted by atomic mass is 79.9. The average Bonchev–Trinajstić information content (AvgIpc) is 3.19. The largest absolute Gasteiger partial charge is 0.488 e. The number of carbonyl (C=O) groups is 1. The van der Waals surface area contributed by atoms with Crippen LogP contribution in [0.3, 0.4) is 0 Å². The maximum absolute atomic E-state index is 13.8. The number of carbonyl (C=O) groups excluding carboxylic acids is 1. The van der Waals surface area contributed by atoms with Gasteiger partial charge in [-0.05, 0) is 79.4 Å². The number of benzene rings is 2. The molecule has 0 aromatic heterocycles. The molecule has 0 atom stereocenters. The fourth-order valence-electron chi connectivity index (χ4n) is 5.25. The summed E-state index contributed by atoms with van der Waals surface area (Å²) >= 11 is 8.64. The molecule has 7 heteroatoms. The third-order valence-corrected chi connectivity index (χ3v) is 9.23. The lowest BCUT2D eigenvalue weighted by atomic mass is 9.94. The molecule has 0 unspecified atom stereocenters. The minimum atomic E-state index is 0.0975. The first-order valence-corrected chi connectivity index (χ1v) is 15.4. The molecular formula is C29H32Br2N2O2S. The number of hydrogen-bond acceptors (Lipinski definition) is 4. The summed E-state index contributed by atoms with van der Waals surface area (Å²) in [6.07, 6.45) is 13.8. The minimum absolute atomic E-state index is 0.0975. The van der Waals surface area contributed by atoms with Crippen LogP contribution in [0.15, 0.2) is 61.3 Å². The Labute approximate surface area is 235 Å². The number of ether oxygens (including phenoxy) is 1. The van der Waals surface area contributed by atoms with E-state index in [9.17, 15) is 4.79 Å². The molecule has 2 saturated carbocycles. The van der Waals surface area contributed by atoms with Crippen LogP contribution >= 0.6 is 43.6 Å². The summed E-state index contributed by atoms with van der Waals surface area (Å²) in [6.45, 7) is 0.467. The second-order valence-corrected chi connectivity index (χ2v) is 12.7. The normalized spacial score (nSPS) is 22.1. The maximum atomic E-state index is 13.8. The second-order valence-electron chi connectivity index (χ2n) is 9.88. The summed E-state index contributed by atoms with van der Waals surface area (Å²) in [5.74, 6) is 0.865. The lowest BCUT2D eigenvalue weighted by Gasteiger charge is -2.31. The van der Waals surface area contributed by atoms with Gasteiger partial charge < -0.3 is 4.74 Å². The first-order valence-electron chi connectivity index (χ1n) is 13.0. The topological polar surface area (TPSA) is 41.9 Å². The fraction of sp³-hybridized carbons (Fsp3) is 0.448. The van der Waals surface area contributed by atoms with Gasteiger partial charge in [-0.1, -0.05) is 82.5 Å². The predicted molar refractivity (Wildman–Crippen MR) is 156 cm³/mol. The summed E-state index contributed by atoms with van der Waals surface area (Å²) in [6, 6.07) is 14.7. The van der Waals surface area contributed by atoms with Crippen molar-refractivity contribution in [3.05, 3.63) is 67.4 Å². The van der Waals surface area contributed by atoms with Gasteiger partial charge in [-0.2, -0.15) is 0 Å². The highest BCUT2D eigenvalue weighted by Gasteiger charge is 2.39. The zero-order chi connectivity index (χ0) is 24.9. The van der Waals surface area contributed by atoms with E-state index in [1.807, 2.05) is 53.4 Å². The van der Waals surface area contributed by atoms with E-state index in [0.29, 0.717) is 12.6 Å². The van der Waals surface area contributed by atoms with E-state index in [2.05, 4.69) is 31.9 Å². The zero-order valence-corrected chi connectivity index (χ0v) is 24.4. The second kappa shape index (κ2) is 12.3. The maximum Gasteiger partial charge on any atom is 0.267 e. The molecule has 0 radical (unpaired) electrons. The number of nitrogens with zero attached hydrogens (tertiary/aromatic N) is 2. The van der Waals surface area contributed by atoms with Crippen molar-refractivity contribution in [1.82, 2.24) is 4.90 Å². The van der Waals surface area contributed by atoms with Gasteiger partial charge in [0, 0.05) is 20.6 Å². The Hall–Kier alpha value is -1.57. The van der Waals surface area contributed by atoms with Gasteiger partial charge in [-0.15, -0.1) is 0 Å². The van der Waals surface area contributed by atoms with Crippen molar-refractivity contribution in [2.45, 2.75) is 82.9 Å². The number of hydrogen-bond donors (Lipinski definition) is 0. The van der Waals surface area contributed by atoms with Crippen molar-refractivity contribution in [1.29, 1.82) is 0 Å². The first-order chi connectivity index (χ1) is 17.6. The molecule has 3 aliphatic rings. The van der Waals surface area contributed by atoms with Crippen LogP contribution in [0.5, 0.6) is 5.75 Å². The standard InChI is InChI=1S/C29H32Br2N2O2S/c30-22-13-11-20(12-14-22)19-35-26-16-15-23(31)17-21(26)18-27-28(34)33(25-9-5-2-6-10-25)29(36-27)32-24-7-3-1-4-8-24/h11-18,24-25H,1-10,19H2. The first kappa shape index (κ1) is 26.1. The Morgan fingerprint density at radius 2 is 1.58 bits per heavy atom. The van der Waals surface area contributed by atoms with E-state index in [1.165, 1.54) is 38.5 Å². The Morgan fingerprint density at radius 1 is 0.917 bits per heavy atom. The van der Waals surface area contributed by atoms with Crippen LogP contribution in [-0.4, -0.2) is 28.1 Å². The molecule has 5 rings (SSSR count). The van der Waals surface area contributed by atoms with Gasteiger partial charge in [0.05, 0.1) is 10.9 Å². The number of amidine groups is 1. The Balaban J connectivity index is 1.42.